The first-order chi connectivity index (χ1) is 16.9. The second kappa shape index (κ2) is 10.5. The van der Waals surface area contributed by atoms with Crippen LogP contribution in [0.2, 0.25) is 10.0 Å². The van der Waals surface area contributed by atoms with Crippen molar-refractivity contribution < 1.29 is 22.2 Å². The number of aromatic nitrogens is 1. The Morgan fingerprint density at radius 2 is 2.00 bits per heavy atom. The van der Waals surface area contributed by atoms with E-state index in [2.05, 4.69) is 31.5 Å². The van der Waals surface area contributed by atoms with Crippen LogP contribution in [0.1, 0.15) is 36.5 Å². The van der Waals surface area contributed by atoms with E-state index in [1.165, 1.54) is 23.3 Å². The minimum Gasteiger partial charge on any atom is -0.365 e. The van der Waals surface area contributed by atoms with Gasteiger partial charge < -0.3 is 9.50 Å². The molecule has 192 valence electrons. The maximum Gasteiger partial charge on any atom is 0.307 e. The summed E-state index contributed by atoms with van der Waals surface area (Å²) in [6.07, 6.45) is 4.26. The summed E-state index contributed by atoms with van der Waals surface area (Å²) in [5.74, 6) is -0.584. The Labute approximate surface area is 227 Å². The van der Waals surface area contributed by atoms with E-state index in [0.717, 1.165) is 23.0 Å². The normalized spacial score (nSPS) is 18.4. The van der Waals surface area contributed by atoms with Crippen LogP contribution >= 0.6 is 39.3 Å². The molecule has 1 fully saturated rings. The maximum absolute atomic E-state index is 13.7. The zero-order valence-electron chi connectivity index (χ0n) is 19.2. The molecule has 0 bridgehead atoms. The molecule has 1 saturated carbocycles. The second-order valence-corrected chi connectivity index (χ2v) is 11.7. The number of carbonyl (C=O) groups is 2. The number of hydrogen-bond acceptors (Lipinski definition) is 8. The third-order valence-electron chi connectivity index (χ3n) is 5.67. The summed E-state index contributed by atoms with van der Waals surface area (Å²) in [4.78, 5) is 30.9. The van der Waals surface area contributed by atoms with Gasteiger partial charge in [-0.05, 0) is 56.0 Å². The molecule has 2 amide bonds. The Balaban J connectivity index is 1.65. The number of carbonyl (C=O) groups excluding carboxylic acids is 2. The third kappa shape index (κ3) is 6.10. The Hall–Kier alpha value is -2.41. The number of hydrazone groups is 1. The predicted molar refractivity (Wildman–Crippen MR) is 141 cm³/mol. The van der Waals surface area contributed by atoms with E-state index in [1.54, 1.807) is 18.2 Å². The minimum absolute atomic E-state index is 0.0236. The number of benzene rings is 1. The van der Waals surface area contributed by atoms with Crippen LogP contribution in [0.15, 0.2) is 41.6 Å². The van der Waals surface area contributed by atoms with Gasteiger partial charge in [-0.2, -0.15) is 8.42 Å². The number of nitrogens with one attached hydrogen (secondary N) is 1. The molecular weight excluding hydrogens is 597 g/mol. The molecule has 1 aromatic heterocycles. The van der Waals surface area contributed by atoms with Crippen LogP contribution < -0.4 is 14.3 Å². The van der Waals surface area contributed by atoms with Crippen molar-refractivity contribution in [2.75, 3.05) is 15.2 Å². The molecule has 2 aliphatic rings. The molecule has 2 atom stereocenters. The second-order valence-electron chi connectivity index (χ2n) is 8.53. The van der Waals surface area contributed by atoms with Gasteiger partial charge in [0.2, 0.25) is 5.90 Å². The number of rotatable bonds is 7. The highest BCUT2D eigenvalue weighted by Gasteiger charge is 2.40. The van der Waals surface area contributed by atoms with Gasteiger partial charge in [-0.15, -0.1) is 5.10 Å². The summed E-state index contributed by atoms with van der Waals surface area (Å²) in [7, 11) is -3.90. The molecule has 2 aromatic rings. The van der Waals surface area contributed by atoms with Crippen LogP contribution in [0, 0.1) is 5.92 Å². The molecule has 10 nitrogen and oxygen atoms in total. The number of anilines is 2. The fourth-order valence-corrected chi connectivity index (χ4v) is 5.13. The number of pyridine rings is 1. The fraction of sp³-hybridized carbons (Fsp3) is 0.364. The van der Waals surface area contributed by atoms with Gasteiger partial charge in [0.25, 0.3) is 11.8 Å². The maximum atomic E-state index is 13.7. The van der Waals surface area contributed by atoms with Gasteiger partial charge in [0.1, 0.15) is 6.04 Å². The Morgan fingerprint density at radius 3 is 2.64 bits per heavy atom. The fourth-order valence-electron chi connectivity index (χ4n) is 3.75. The molecule has 4 rings (SSSR count). The summed E-state index contributed by atoms with van der Waals surface area (Å²) >= 11 is 15.7. The van der Waals surface area contributed by atoms with E-state index in [1.807, 2.05) is 6.92 Å². The van der Waals surface area contributed by atoms with Gasteiger partial charge in [-0.3, -0.25) is 9.59 Å². The van der Waals surface area contributed by atoms with Gasteiger partial charge in [-0.1, -0.05) is 23.2 Å². The lowest BCUT2D eigenvalue weighted by molar-refractivity contribution is -0.118. The Kier molecular flexibility index (Phi) is 7.79. The monoisotopic (exact) mass is 617 g/mol. The first kappa shape index (κ1) is 26.6. The van der Waals surface area contributed by atoms with Gasteiger partial charge >= 0.3 is 10.1 Å². The smallest absolute Gasteiger partial charge is 0.307 e. The first-order valence-corrected chi connectivity index (χ1v) is 14.2. The molecule has 1 aliphatic heterocycles. The molecular formula is C22H22BrCl2N5O5S. The van der Waals surface area contributed by atoms with E-state index in [-0.39, 0.29) is 46.4 Å². The molecule has 0 spiro atoms. The minimum atomic E-state index is -3.90. The molecule has 36 heavy (non-hydrogen) atoms. The molecule has 0 radical (unpaired) electrons. The molecule has 1 aromatic carbocycles. The summed E-state index contributed by atoms with van der Waals surface area (Å²) in [6, 6.07) is 6.63. The van der Waals surface area contributed by atoms with Crippen LogP contribution in [0.5, 0.6) is 0 Å². The van der Waals surface area contributed by atoms with Crippen molar-refractivity contribution in [3.8, 4) is 0 Å². The molecule has 14 heteroatoms. The summed E-state index contributed by atoms with van der Waals surface area (Å²) in [5.41, 5.74) is 0.434. The van der Waals surface area contributed by atoms with Crippen molar-refractivity contribution in [1.82, 2.24) is 10.3 Å². The molecule has 2 unspecified atom stereocenters. The molecule has 1 N–H and O–H groups in total. The zero-order valence-corrected chi connectivity index (χ0v) is 23.1. The number of amides is 2. The number of nitrogens with zero attached hydrogens (tertiary/aromatic N) is 4. The summed E-state index contributed by atoms with van der Waals surface area (Å²) < 4.78 is 29.5. The quantitative estimate of drug-likeness (QED) is 0.366. The average molecular weight is 619 g/mol. The van der Waals surface area contributed by atoms with Crippen molar-refractivity contribution in [2.45, 2.75) is 38.3 Å². The zero-order chi connectivity index (χ0) is 26.2. The van der Waals surface area contributed by atoms with E-state index >= 15 is 0 Å². The third-order valence-corrected chi connectivity index (χ3v) is 7.42. The van der Waals surface area contributed by atoms with Gasteiger partial charge in [0, 0.05) is 17.3 Å². The SMILES string of the molecule is CC(NC(=O)c1cc(Cl)ccc1N(Br)C(=O)C1CC(OS(C)(=O)=O)=NN1c1ncccc1Cl)C1CC1. The van der Waals surface area contributed by atoms with E-state index in [9.17, 15) is 18.0 Å². The highest BCUT2D eigenvalue weighted by Crippen LogP contribution is 2.35. The van der Waals surface area contributed by atoms with Crippen LogP contribution in [0.3, 0.4) is 0 Å². The first-order valence-electron chi connectivity index (χ1n) is 10.9. The number of halogens is 3. The predicted octanol–water partition coefficient (Wildman–Crippen LogP) is 4.13. The van der Waals surface area contributed by atoms with E-state index < -0.39 is 22.1 Å². The highest BCUT2D eigenvalue weighted by atomic mass is 79.9. The lowest BCUT2D eigenvalue weighted by Gasteiger charge is -2.26. The Bertz CT molecular complexity index is 1340. The van der Waals surface area contributed by atoms with Crippen LogP contribution in [0.4, 0.5) is 11.5 Å². The molecule has 2 heterocycles. The van der Waals surface area contributed by atoms with Crippen molar-refractivity contribution in [2.24, 2.45) is 11.0 Å². The van der Waals surface area contributed by atoms with Crippen LogP contribution in [0.25, 0.3) is 0 Å². The lowest BCUT2D eigenvalue weighted by Crippen LogP contribution is -2.42. The van der Waals surface area contributed by atoms with Crippen LogP contribution in [-0.2, 0) is 19.1 Å². The van der Waals surface area contributed by atoms with Gasteiger partial charge in [0.05, 0.1) is 45.1 Å². The standard InChI is InChI=1S/C22H22BrCl2N5O5S/c1-12(13-5-6-13)27-21(31)15-10-14(24)7-8-17(15)29(23)22(32)18-11-19(35-36(2,33)34)28-30(18)20-16(25)4-3-9-26-20/h3-4,7-10,12-13,18H,5-6,11H2,1-2H3,(H,27,31). The van der Waals surface area contributed by atoms with Crippen molar-refractivity contribution in [3.63, 3.8) is 0 Å². The van der Waals surface area contributed by atoms with Gasteiger partial charge in [0.15, 0.2) is 5.82 Å². The molecule has 0 saturated heterocycles. The average Bonchev–Trinajstić information content (AvgIpc) is 3.58. The number of hydrogen-bond donors (Lipinski definition) is 1. The van der Waals surface area contributed by atoms with Crippen molar-refractivity contribution in [3.05, 3.63) is 52.1 Å². The van der Waals surface area contributed by atoms with E-state index in [0.29, 0.717) is 10.9 Å². The van der Waals surface area contributed by atoms with Crippen LogP contribution in [-0.4, -0.2) is 49.5 Å². The van der Waals surface area contributed by atoms with E-state index in [4.69, 9.17) is 27.4 Å². The van der Waals surface area contributed by atoms with Crippen molar-refractivity contribution in [1.29, 1.82) is 0 Å². The largest absolute Gasteiger partial charge is 0.365 e. The van der Waals surface area contributed by atoms with Gasteiger partial charge in [-0.25, -0.2) is 13.9 Å². The summed E-state index contributed by atoms with van der Waals surface area (Å²) in [5, 5.41) is 8.83. The summed E-state index contributed by atoms with van der Waals surface area (Å²) in [6.45, 7) is 1.94. The Morgan fingerprint density at radius 1 is 1.28 bits per heavy atom. The topological polar surface area (TPSA) is 121 Å². The molecule has 1 aliphatic carbocycles. The van der Waals surface area contributed by atoms with Crippen molar-refractivity contribution >= 4 is 78.7 Å². The highest BCUT2D eigenvalue weighted by molar-refractivity contribution is 9.10. The lowest BCUT2D eigenvalue weighted by atomic mass is 10.1.